The molecule has 0 saturated carbocycles. The van der Waals surface area contributed by atoms with E-state index in [1.54, 1.807) is 34.1 Å². The summed E-state index contributed by atoms with van der Waals surface area (Å²) in [5, 5.41) is 3.23. The largest absolute Gasteiger partial charge is 0.354 e. The van der Waals surface area contributed by atoms with E-state index in [4.69, 9.17) is 11.6 Å². The number of carbonyl (C=O) groups excluding carboxylic acids is 3. The first-order valence-electron chi connectivity index (χ1n) is 8.65. The monoisotopic (exact) mass is 363 g/mol. The number of hydrogen-bond acceptors (Lipinski definition) is 3. The molecule has 134 valence electrons. The van der Waals surface area contributed by atoms with Gasteiger partial charge in [0.1, 0.15) is 0 Å². The lowest BCUT2D eigenvalue weighted by Gasteiger charge is -2.34. The molecule has 25 heavy (non-hydrogen) atoms. The minimum absolute atomic E-state index is 0.00421. The Morgan fingerprint density at radius 2 is 1.76 bits per heavy atom. The van der Waals surface area contributed by atoms with Gasteiger partial charge in [0, 0.05) is 45.1 Å². The molecule has 1 N–H and O–H groups in total. The van der Waals surface area contributed by atoms with Crippen molar-refractivity contribution >= 4 is 29.3 Å². The van der Waals surface area contributed by atoms with Crippen molar-refractivity contribution in [2.45, 2.75) is 19.3 Å². The number of benzene rings is 1. The number of hydrogen-bond donors (Lipinski definition) is 1. The zero-order valence-electron chi connectivity index (χ0n) is 14.0. The molecule has 3 amide bonds. The van der Waals surface area contributed by atoms with Gasteiger partial charge in [0.15, 0.2) is 0 Å². The van der Waals surface area contributed by atoms with Crippen LogP contribution in [0, 0.1) is 5.92 Å². The number of halogens is 1. The van der Waals surface area contributed by atoms with Crippen LogP contribution in [0.3, 0.4) is 0 Å². The summed E-state index contributed by atoms with van der Waals surface area (Å²) in [6.45, 7) is 2.64. The Labute approximate surface area is 152 Å². The van der Waals surface area contributed by atoms with Crippen LogP contribution < -0.4 is 5.32 Å². The van der Waals surface area contributed by atoms with E-state index in [2.05, 4.69) is 5.32 Å². The maximum atomic E-state index is 12.7. The zero-order valence-corrected chi connectivity index (χ0v) is 14.8. The van der Waals surface area contributed by atoms with E-state index >= 15 is 0 Å². The third-order valence-electron chi connectivity index (χ3n) is 4.86. The highest BCUT2D eigenvalue weighted by Crippen LogP contribution is 2.24. The first kappa shape index (κ1) is 17.7. The molecule has 0 aliphatic carbocycles. The van der Waals surface area contributed by atoms with Crippen molar-refractivity contribution < 1.29 is 14.4 Å². The quantitative estimate of drug-likeness (QED) is 0.866. The van der Waals surface area contributed by atoms with Crippen molar-refractivity contribution in [1.29, 1.82) is 0 Å². The van der Waals surface area contributed by atoms with Crippen molar-refractivity contribution in [1.82, 2.24) is 15.1 Å². The van der Waals surface area contributed by atoms with Gasteiger partial charge in [-0.15, -0.1) is 0 Å². The minimum atomic E-state index is -0.0823. The van der Waals surface area contributed by atoms with Gasteiger partial charge in [-0.2, -0.15) is 0 Å². The Hall–Kier alpha value is -2.08. The number of amides is 3. The van der Waals surface area contributed by atoms with Crippen molar-refractivity contribution in [3.05, 3.63) is 34.9 Å². The van der Waals surface area contributed by atoms with Crippen LogP contribution >= 0.6 is 11.6 Å². The molecule has 0 atom stereocenters. The highest BCUT2D eigenvalue weighted by Gasteiger charge is 2.31. The highest BCUT2D eigenvalue weighted by atomic mass is 35.5. The van der Waals surface area contributed by atoms with Crippen LogP contribution in [0.2, 0.25) is 5.02 Å². The van der Waals surface area contributed by atoms with Gasteiger partial charge in [-0.05, 0) is 25.0 Å². The normalized spacial score (nSPS) is 19.3. The molecule has 0 spiro atoms. The van der Waals surface area contributed by atoms with Crippen molar-refractivity contribution in [2.75, 3.05) is 32.7 Å². The van der Waals surface area contributed by atoms with E-state index in [9.17, 15) is 14.4 Å². The first-order valence-corrected chi connectivity index (χ1v) is 9.03. The van der Waals surface area contributed by atoms with E-state index in [0.717, 1.165) is 0 Å². The number of carbonyl (C=O) groups is 3. The van der Waals surface area contributed by atoms with Gasteiger partial charge >= 0.3 is 0 Å². The van der Waals surface area contributed by atoms with Gasteiger partial charge in [0.2, 0.25) is 11.8 Å². The van der Waals surface area contributed by atoms with E-state index < -0.39 is 0 Å². The smallest absolute Gasteiger partial charge is 0.255 e. The lowest BCUT2D eigenvalue weighted by molar-refractivity contribution is -0.136. The zero-order chi connectivity index (χ0) is 17.8. The fraction of sp³-hybridized carbons (Fsp3) is 0.500. The molecule has 0 aromatic heterocycles. The lowest BCUT2D eigenvalue weighted by atomic mass is 9.94. The maximum absolute atomic E-state index is 12.7. The molecule has 2 aliphatic heterocycles. The van der Waals surface area contributed by atoms with Crippen LogP contribution in [-0.2, 0) is 9.59 Å². The topological polar surface area (TPSA) is 69.7 Å². The molecule has 0 bridgehead atoms. The summed E-state index contributed by atoms with van der Waals surface area (Å²) in [7, 11) is 0. The van der Waals surface area contributed by atoms with Crippen LogP contribution in [0.5, 0.6) is 0 Å². The van der Waals surface area contributed by atoms with E-state index in [0.29, 0.717) is 62.6 Å². The average Bonchev–Trinajstić information content (AvgIpc) is 2.86. The van der Waals surface area contributed by atoms with Gasteiger partial charge in [-0.25, -0.2) is 0 Å². The average molecular weight is 364 g/mol. The Morgan fingerprint density at radius 3 is 2.48 bits per heavy atom. The van der Waals surface area contributed by atoms with Crippen LogP contribution in [0.25, 0.3) is 0 Å². The second kappa shape index (κ2) is 7.87. The molecule has 6 nitrogen and oxygen atoms in total. The van der Waals surface area contributed by atoms with Gasteiger partial charge in [-0.1, -0.05) is 23.7 Å². The number of nitrogens with zero attached hydrogens (tertiary/aromatic N) is 2. The molecule has 2 heterocycles. The molecular formula is C18H22ClN3O3. The predicted molar refractivity (Wildman–Crippen MR) is 94.3 cm³/mol. The molecule has 2 saturated heterocycles. The summed E-state index contributed by atoms with van der Waals surface area (Å²) in [6, 6.07) is 7.03. The molecular weight excluding hydrogens is 342 g/mol. The van der Waals surface area contributed by atoms with E-state index in [1.165, 1.54) is 0 Å². The van der Waals surface area contributed by atoms with Gasteiger partial charge in [0.25, 0.3) is 5.91 Å². The molecule has 3 rings (SSSR count). The predicted octanol–water partition coefficient (Wildman–Crippen LogP) is 1.54. The number of likely N-dealkylation sites (tertiary alicyclic amines) is 1. The molecule has 0 radical (unpaired) electrons. The molecule has 0 unspecified atom stereocenters. The standard InChI is InChI=1S/C18H22ClN3O3/c19-15-4-2-1-3-14(15)18(25)21-9-5-13(6-10-21)17(24)22-11-7-16(23)20-8-12-22/h1-4,13H,5-12H2,(H,20,23). The van der Waals surface area contributed by atoms with E-state index in [-0.39, 0.29) is 23.6 Å². The highest BCUT2D eigenvalue weighted by molar-refractivity contribution is 6.33. The summed E-state index contributed by atoms with van der Waals surface area (Å²) in [4.78, 5) is 40.2. The SMILES string of the molecule is O=C1CCN(C(=O)C2CCN(C(=O)c3ccccc3Cl)CC2)CCN1. The third-order valence-corrected chi connectivity index (χ3v) is 5.19. The minimum Gasteiger partial charge on any atom is -0.354 e. The van der Waals surface area contributed by atoms with Crippen LogP contribution in [0.1, 0.15) is 29.6 Å². The summed E-state index contributed by atoms with van der Waals surface area (Å²) in [5.41, 5.74) is 0.506. The van der Waals surface area contributed by atoms with Crippen molar-refractivity contribution in [3.63, 3.8) is 0 Å². The Morgan fingerprint density at radius 1 is 1.04 bits per heavy atom. The Bertz CT molecular complexity index is 671. The van der Waals surface area contributed by atoms with Crippen LogP contribution in [0.4, 0.5) is 0 Å². The Kier molecular flexibility index (Phi) is 5.58. The van der Waals surface area contributed by atoms with Crippen LogP contribution in [-0.4, -0.2) is 60.2 Å². The van der Waals surface area contributed by atoms with E-state index in [1.807, 2.05) is 0 Å². The first-order chi connectivity index (χ1) is 12.1. The van der Waals surface area contributed by atoms with Crippen molar-refractivity contribution in [3.8, 4) is 0 Å². The maximum Gasteiger partial charge on any atom is 0.255 e. The van der Waals surface area contributed by atoms with Crippen molar-refractivity contribution in [2.24, 2.45) is 5.92 Å². The van der Waals surface area contributed by atoms with Gasteiger partial charge in [0.05, 0.1) is 10.6 Å². The fourth-order valence-electron chi connectivity index (χ4n) is 3.38. The second-order valence-corrected chi connectivity index (χ2v) is 6.88. The molecule has 1 aromatic carbocycles. The van der Waals surface area contributed by atoms with Gasteiger partial charge in [-0.3, -0.25) is 14.4 Å². The van der Waals surface area contributed by atoms with Gasteiger partial charge < -0.3 is 15.1 Å². The second-order valence-electron chi connectivity index (χ2n) is 6.47. The molecule has 2 fully saturated rings. The summed E-state index contributed by atoms with van der Waals surface area (Å²) in [6.07, 6.45) is 1.65. The molecule has 7 heteroatoms. The fourth-order valence-corrected chi connectivity index (χ4v) is 3.60. The number of piperidine rings is 1. The molecule has 2 aliphatic rings. The number of nitrogens with one attached hydrogen (secondary N) is 1. The van der Waals surface area contributed by atoms with Crippen LogP contribution in [0.15, 0.2) is 24.3 Å². The summed E-state index contributed by atoms with van der Waals surface area (Å²) in [5.74, 6) is -0.0682. The summed E-state index contributed by atoms with van der Waals surface area (Å²) < 4.78 is 0. The number of rotatable bonds is 2. The Balaban J connectivity index is 1.56. The molecule has 1 aromatic rings. The third kappa shape index (κ3) is 4.12. The summed E-state index contributed by atoms with van der Waals surface area (Å²) >= 11 is 6.10. The lowest BCUT2D eigenvalue weighted by Crippen LogP contribution is -2.45.